The highest BCUT2D eigenvalue weighted by molar-refractivity contribution is 7.81. The molecule has 1 aromatic heterocycles. The van der Waals surface area contributed by atoms with E-state index in [1.165, 1.54) is 0 Å². The van der Waals surface area contributed by atoms with Gasteiger partial charge in [0, 0.05) is 24.4 Å². The van der Waals surface area contributed by atoms with Crippen molar-refractivity contribution in [2.75, 3.05) is 11.4 Å². The third kappa shape index (κ3) is 2.51. The summed E-state index contributed by atoms with van der Waals surface area (Å²) in [6.45, 7) is 0.225. The van der Waals surface area contributed by atoms with E-state index in [0.29, 0.717) is 0 Å². The van der Waals surface area contributed by atoms with Gasteiger partial charge >= 0.3 is 6.18 Å². The van der Waals surface area contributed by atoms with Gasteiger partial charge in [0.25, 0.3) is 0 Å². The molecular weight excluding hydrogens is 255 g/mol. The van der Waals surface area contributed by atoms with E-state index in [2.05, 4.69) is 22.6 Å². The predicted molar refractivity (Wildman–Crippen MR) is 56.8 cm³/mol. The van der Waals surface area contributed by atoms with E-state index >= 15 is 0 Å². The number of hydrogen-bond acceptors (Lipinski definition) is 4. The third-order valence-corrected chi connectivity index (χ3v) is 2.63. The van der Waals surface area contributed by atoms with Crippen LogP contribution in [0.15, 0.2) is 12.3 Å². The zero-order valence-corrected chi connectivity index (χ0v) is 9.37. The molecule has 1 saturated heterocycles. The van der Waals surface area contributed by atoms with Gasteiger partial charge < -0.3 is 0 Å². The maximum Gasteiger partial charge on any atom is 0.433 e. The van der Waals surface area contributed by atoms with Gasteiger partial charge in [-0.1, -0.05) is 0 Å². The molecule has 0 saturated carbocycles. The minimum Gasteiger partial charge on any atom is -0.280 e. The Morgan fingerprint density at radius 2 is 2.18 bits per heavy atom. The van der Waals surface area contributed by atoms with Crippen molar-refractivity contribution in [3.63, 3.8) is 0 Å². The minimum absolute atomic E-state index is 0.183. The third-order valence-electron chi connectivity index (χ3n) is 2.28. The molecule has 0 spiro atoms. The Hall–Kier alpha value is -1.31. The van der Waals surface area contributed by atoms with E-state index in [1.807, 2.05) is 0 Å². The number of carbonyl (C=O) groups is 1. The second-order valence-corrected chi connectivity index (χ2v) is 4.33. The van der Waals surface area contributed by atoms with Crippen LogP contribution < -0.4 is 4.90 Å². The van der Waals surface area contributed by atoms with Crippen molar-refractivity contribution >= 4 is 24.5 Å². The molecule has 8 heteroatoms. The summed E-state index contributed by atoms with van der Waals surface area (Å²) in [5.41, 5.74) is -1.06. The van der Waals surface area contributed by atoms with E-state index in [9.17, 15) is 18.0 Å². The Balaban J connectivity index is 2.31. The number of amides is 1. The first-order valence-electron chi connectivity index (χ1n) is 4.76. The van der Waals surface area contributed by atoms with Gasteiger partial charge in [-0.2, -0.15) is 25.8 Å². The highest BCUT2D eigenvalue weighted by atomic mass is 32.1. The summed E-state index contributed by atoms with van der Waals surface area (Å²) in [7, 11) is 0. The van der Waals surface area contributed by atoms with Crippen LogP contribution in [0.1, 0.15) is 12.1 Å². The molecule has 92 valence electrons. The zero-order chi connectivity index (χ0) is 12.6. The molecule has 1 unspecified atom stereocenters. The summed E-state index contributed by atoms with van der Waals surface area (Å²) in [5, 5.41) is -0.194. The first kappa shape index (κ1) is 12.2. The van der Waals surface area contributed by atoms with Crippen molar-refractivity contribution in [3.8, 4) is 0 Å². The molecule has 1 fully saturated rings. The van der Waals surface area contributed by atoms with Crippen molar-refractivity contribution in [2.45, 2.75) is 17.8 Å². The van der Waals surface area contributed by atoms with Crippen molar-refractivity contribution < 1.29 is 18.0 Å². The van der Waals surface area contributed by atoms with Crippen molar-refractivity contribution in [1.29, 1.82) is 0 Å². The maximum atomic E-state index is 12.4. The quantitative estimate of drug-likeness (QED) is 0.782. The van der Waals surface area contributed by atoms with Crippen LogP contribution >= 0.6 is 12.6 Å². The van der Waals surface area contributed by atoms with Gasteiger partial charge in [-0.3, -0.25) is 9.69 Å². The first-order valence-corrected chi connectivity index (χ1v) is 5.28. The summed E-state index contributed by atoms with van der Waals surface area (Å²) in [4.78, 5) is 19.6. The van der Waals surface area contributed by atoms with Crippen molar-refractivity contribution in [1.82, 2.24) is 9.97 Å². The summed E-state index contributed by atoms with van der Waals surface area (Å²) in [6.07, 6.45) is -3.37. The fraction of sp³-hybridized carbons (Fsp3) is 0.444. The van der Waals surface area contributed by atoms with Crippen LogP contribution in [0.3, 0.4) is 0 Å². The van der Waals surface area contributed by atoms with Gasteiger partial charge in [0.1, 0.15) is 5.69 Å². The number of rotatable bonds is 1. The number of alkyl halides is 3. The lowest BCUT2D eigenvalue weighted by Gasteiger charge is -2.14. The SMILES string of the molecule is O=C1CC(S)CN1c1nccc(C(F)(F)F)n1. The first-order chi connectivity index (χ1) is 7.88. The molecule has 0 radical (unpaired) electrons. The van der Waals surface area contributed by atoms with Gasteiger partial charge in [-0.05, 0) is 6.07 Å². The molecule has 0 aliphatic carbocycles. The van der Waals surface area contributed by atoms with Gasteiger partial charge in [-0.15, -0.1) is 0 Å². The van der Waals surface area contributed by atoms with Gasteiger partial charge in [0.15, 0.2) is 0 Å². The minimum atomic E-state index is -4.54. The van der Waals surface area contributed by atoms with Crippen LogP contribution in [0.25, 0.3) is 0 Å². The van der Waals surface area contributed by atoms with Crippen LogP contribution in [-0.2, 0) is 11.0 Å². The second kappa shape index (κ2) is 4.17. The highest BCUT2D eigenvalue weighted by Crippen LogP contribution is 2.29. The van der Waals surface area contributed by atoms with Crippen molar-refractivity contribution in [2.24, 2.45) is 0 Å². The van der Waals surface area contributed by atoms with Crippen LogP contribution in [0.2, 0.25) is 0 Å². The summed E-state index contributed by atoms with van der Waals surface area (Å²) < 4.78 is 37.3. The van der Waals surface area contributed by atoms with Crippen LogP contribution in [0.5, 0.6) is 0 Å². The Bertz CT molecular complexity index is 451. The molecule has 0 bridgehead atoms. The molecule has 4 nitrogen and oxygen atoms in total. The maximum absolute atomic E-state index is 12.4. The van der Waals surface area contributed by atoms with E-state index < -0.39 is 11.9 Å². The smallest absolute Gasteiger partial charge is 0.280 e. The zero-order valence-electron chi connectivity index (χ0n) is 8.48. The molecule has 1 aliphatic heterocycles. The second-order valence-electron chi connectivity index (χ2n) is 3.60. The molecule has 1 aliphatic rings. The largest absolute Gasteiger partial charge is 0.433 e. The number of thiol groups is 1. The Morgan fingerprint density at radius 3 is 2.71 bits per heavy atom. The standard InChI is InChI=1S/C9H8F3N3OS/c10-9(11,12)6-1-2-13-8(14-6)15-4-5(17)3-7(15)16/h1-2,5,17H,3-4H2. The molecular formula is C9H8F3N3OS. The van der Waals surface area contributed by atoms with Gasteiger partial charge in [0.2, 0.25) is 11.9 Å². The fourth-order valence-corrected chi connectivity index (χ4v) is 1.84. The molecule has 1 amide bonds. The lowest BCUT2D eigenvalue weighted by molar-refractivity contribution is -0.141. The number of halogens is 3. The summed E-state index contributed by atoms with van der Waals surface area (Å²) >= 11 is 4.10. The number of nitrogens with zero attached hydrogens (tertiary/aromatic N) is 3. The topological polar surface area (TPSA) is 46.1 Å². The number of aromatic nitrogens is 2. The van der Waals surface area contributed by atoms with E-state index in [1.54, 1.807) is 0 Å². The Kier molecular flexibility index (Phi) is 2.98. The number of carbonyl (C=O) groups excluding carboxylic acids is 1. The van der Waals surface area contributed by atoms with Crippen LogP contribution in [0.4, 0.5) is 19.1 Å². The van der Waals surface area contributed by atoms with Crippen LogP contribution in [-0.4, -0.2) is 27.7 Å². The van der Waals surface area contributed by atoms with Crippen molar-refractivity contribution in [3.05, 3.63) is 18.0 Å². The molecule has 0 N–H and O–H groups in total. The average molecular weight is 263 g/mol. The highest BCUT2D eigenvalue weighted by Gasteiger charge is 2.35. The molecule has 2 rings (SSSR count). The van der Waals surface area contributed by atoms with E-state index in [4.69, 9.17) is 0 Å². The van der Waals surface area contributed by atoms with Gasteiger partial charge in [0.05, 0.1) is 0 Å². The summed E-state index contributed by atoms with van der Waals surface area (Å²) in [6, 6.07) is 0.766. The predicted octanol–water partition coefficient (Wildman–Crippen LogP) is 1.53. The van der Waals surface area contributed by atoms with E-state index in [-0.39, 0.29) is 30.1 Å². The van der Waals surface area contributed by atoms with Gasteiger partial charge in [-0.25, -0.2) is 9.97 Å². The lowest BCUT2D eigenvalue weighted by atomic mass is 10.4. The van der Waals surface area contributed by atoms with E-state index in [0.717, 1.165) is 17.2 Å². The monoisotopic (exact) mass is 263 g/mol. The van der Waals surface area contributed by atoms with Crippen LogP contribution in [0, 0.1) is 0 Å². The molecule has 1 atom stereocenters. The number of anilines is 1. The molecule has 1 aromatic rings. The Labute approximate surface area is 100 Å². The average Bonchev–Trinajstić information content (AvgIpc) is 2.57. The number of hydrogen-bond donors (Lipinski definition) is 1. The Morgan fingerprint density at radius 1 is 1.47 bits per heavy atom. The normalized spacial score (nSPS) is 21.1. The molecule has 2 heterocycles. The molecule has 17 heavy (non-hydrogen) atoms. The molecule has 0 aromatic carbocycles. The fourth-order valence-electron chi connectivity index (χ4n) is 1.52. The summed E-state index contributed by atoms with van der Waals surface area (Å²) in [5.74, 6) is -0.536. The lowest BCUT2D eigenvalue weighted by Crippen LogP contribution is -2.27.